The van der Waals surface area contributed by atoms with Crippen molar-refractivity contribution < 1.29 is 23.5 Å². The first kappa shape index (κ1) is 35.5. The number of halogens is 4. The van der Waals surface area contributed by atoms with Crippen LogP contribution in [0.25, 0.3) is 20.2 Å². The summed E-state index contributed by atoms with van der Waals surface area (Å²) in [5, 5.41) is 12.3. The van der Waals surface area contributed by atoms with E-state index >= 15 is 0 Å². The van der Waals surface area contributed by atoms with Gasteiger partial charge in [0.15, 0.2) is 0 Å². The predicted octanol–water partition coefficient (Wildman–Crippen LogP) is 8.83. The summed E-state index contributed by atoms with van der Waals surface area (Å²) in [6.07, 6.45) is 0. The van der Waals surface area contributed by atoms with Crippen molar-refractivity contribution in [3.05, 3.63) is 89.7 Å². The van der Waals surface area contributed by atoms with Crippen molar-refractivity contribution in [1.29, 1.82) is 5.26 Å². The number of thiol groups is 1. The van der Waals surface area contributed by atoms with Gasteiger partial charge in [0.2, 0.25) is 0 Å². The lowest BCUT2D eigenvalue weighted by molar-refractivity contribution is -0.137. The maximum absolute atomic E-state index is 12.5. The number of anilines is 2. The molecule has 4 N–H and O–H groups in total. The van der Waals surface area contributed by atoms with Gasteiger partial charge in [0.05, 0.1) is 36.9 Å². The first-order chi connectivity index (χ1) is 19.9. The summed E-state index contributed by atoms with van der Waals surface area (Å²) >= 11 is 16.5. The first-order valence-corrected chi connectivity index (χ1v) is 16.2. The number of thiophene rings is 2. The zero-order valence-electron chi connectivity index (χ0n) is 22.0. The van der Waals surface area contributed by atoms with Crippen molar-refractivity contribution >= 4 is 127 Å². The molecule has 5 aromatic rings. The van der Waals surface area contributed by atoms with Gasteiger partial charge in [-0.2, -0.15) is 17.9 Å². The van der Waals surface area contributed by atoms with E-state index in [-0.39, 0.29) is 23.3 Å². The molecule has 14 heteroatoms. The van der Waals surface area contributed by atoms with E-state index in [0.717, 1.165) is 30.1 Å². The fraction of sp³-hybridized carbons (Fsp3) is 0.107. The summed E-state index contributed by atoms with van der Waals surface area (Å²) in [6.45, 7) is 0. The fourth-order valence-electron chi connectivity index (χ4n) is 3.00. The Morgan fingerprint density at radius 2 is 1.50 bits per heavy atom. The van der Waals surface area contributed by atoms with Crippen molar-refractivity contribution in [3.63, 3.8) is 0 Å². The topological polar surface area (TPSA) is 128 Å². The molecule has 0 spiro atoms. The van der Waals surface area contributed by atoms with Crippen LogP contribution < -0.4 is 11.5 Å². The second kappa shape index (κ2) is 17.4. The van der Waals surface area contributed by atoms with Gasteiger partial charge >= 0.3 is 11.9 Å². The Bertz CT molecular complexity index is 1730. The summed E-state index contributed by atoms with van der Waals surface area (Å²) in [5.74, 6) is -0.995. The van der Waals surface area contributed by atoms with Gasteiger partial charge < -0.3 is 20.9 Å². The number of nitriles is 1. The maximum atomic E-state index is 12.5. The summed E-state index contributed by atoms with van der Waals surface area (Å²) in [6, 6.07) is 17.8. The minimum absolute atomic E-state index is 0.0642. The lowest BCUT2D eigenvalue weighted by Gasteiger charge is -1.96. The molecule has 0 fully saturated rings. The maximum Gasteiger partial charge on any atom is 0.350 e. The number of benzene rings is 3. The second-order valence-electron chi connectivity index (χ2n) is 7.78. The van der Waals surface area contributed by atoms with Crippen molar-refractivity contribution in [2.45, 2.75) is 0 Å². The third kappa shape index (κ3) is 10.3. The fourth-order valence-corrected chi connectivity index (χ4v) is 6.07. The molecule has 2 heterocycles. The number of rotatable bonds is 2. The smallest absolute Gasteiger partial charge is 0.350 e. The van der Waals surface area contributed by atoms with E-state index in [0.29, 0.717) is 15.0 Å². The van der Waals surface area contributed by atoms with Gasteiger partial charge in [0.1, 0.15) is 16.8 Å². The molecule has 0 bridgehead atoms. The number of hydrogen-bond donors (Lipinski definition) is 3. The van der Waals surface area contributed by atoms with Gasteiger partial charge in [-0.25, -0.2) is 9.18 Å². The number of nitrogens with zero attached hydrogens (tertiary/aromatic N) is 1. The Kier molecular flexibility index (Phi) is 14.8. The molecular formula is C28H23Br3FN3O4S3. The van der Waals surface area contributed by atoms with Crippen LogP contribution in [0, 0.1) is 17.1 Å². The normalized spacial score (nSPS) is 9.76. The van der Waals surface area contributed by atoms with Gasteiger partial charge in [-0.15, -0.1) is 22.7 Å². The van der Waals surface area contributed by atoms with Crippen LogP contribution in [0.15, 0.2) is 73.4 Å². The van der Waals surface area contributed by atoms with Gasteiger partial charge in [-0.1, -0.05) is 47.8 Å². The van der Waals surface area contributed by atoms with E-state index in [1.807, 2.05) is 35.7 Å². The van der Waals surface area contributed by atoms with Crippen LogP contribution in [0.1, 0.15) is 15.2 Å². The Labute approximate surface area is 280 Å². The molecule has 3 aromatic carbocycles. The van der Waals surface area contributed by atoms with Crippen LogP contribution >= 0.6 is 83.1 Å². The molecule has 0 radical (unpaired) electrons. The molecule has 5 rings (SSSR count). The van der Waals surface area contributed by atoms with Crippen molar-refractivity contribution in [3.8, 4) is 6.07 Å². The highest BCUT2D eigenvalue weighted by Crippen LogP contribution is 2.35. The number of carbonyl (C=O) groups is 2. The molecule has 220 valence electrons. The van der Waals surface area contributed by atoms with E-state index < -0.39 is 5.82 Å². The highest BCUT2D eigenvalue weighted by atomic mass is 79.9. The number of hydrogen-bond acceptors (Lipinski definition) is 10. The third-order valence-electron chi connectivity index (χ3n) is 5.03. The summed E-state index contributed by atoms with van der Waals surface area (Å²) in [4.78, 5) is 21.7. The van der Waals surface area contributed by atoms with Crippen LogP contribution in [0.2, 0.25) is 0 Å². The van der Waals surface area contributed by atoms with E-state index in [9.17, 15) is 14.0 Å². The molecular weight excluding hydrogens is 797 g/mol. The largest absolute Gasteiger partial charge is 0.468 e. The molecule has 0 atom stereocenters. The molecule has 7 nitrogen and oxygen atoms in total. The van der Waals surface area contributed by atoms with Gasteiger partial charge in [0, 0.05) is 39.0 Å². The molecule has 0 unspecified atom stereocenters. The van der Waals surface area contributed by atoms with E-state index in [4.69, 9.17) is 16.7 Å². The number of ether oxygens (including phenoxy) is 2. The Hall–Kier alpha value is -2.67. The quantitative estimate of drug-likeness (QED) is 0.120. The lowest BCUT2D eigenvalue weighted by Crippen LogP contribution is -2.01. The number of nitrogens with two attached hydrogens (primary N) is 2. The lowest BCUT2D eigenvalue weighted by atomic mass is 10.2. The zero-order chi connectivity index (χ0) is 31.4. The SMILES string of the molecule is COC(=O)CS.COC(=O)c1sc2ccc(Br)cc2c1N.N#Cc1cc(Br)ccc1F.Nc1csc2ccc(Br)cc12. The standard InChI is InChI=1S/C10H8BrNO2S.C8H6BrNS.C7H3BrFN.C3H6O2S/c1-14-10(13)9-8(12)6-4-5(11)2-3-7(6)15-9;9-5-1-2-8-6(3-5)7(10)4-11-8;8-6-1-2-7(9)5(3-6)4-10;1-5-3(4)2-6/h2-4H,12H2,1H3;1-4H,10H2;1-3H;6H,2H2,1H3. The number of methoxy groups -OCH3 is 2. The van der Waals surface area contributed by atoms with Crippen molar-refractivity contribution in [2.24, 2.45) is 0 Å². The number of carbonyl (C=O) groups excluding carboxylic acids is 2. The molecule has 0 aliphatic carbocycles. The molecule has 42 heavy (non-hydrogen) atoms. The summed E-state index contributed by atoms with van der Waals surface area (Å²) in [5.41, 5.74) is 13.0. The first-order valence-electron chi connectivity index (χ1n) is 11.5. The highest BCUT2D eigenvalue weighted by Gasteiger charge is 2.16. The Morgan fingerprint density at radius 3 is 2.02 bits per heavy atom. The number of esters is 2. The van der Waals surface area contributed by atoms with E-state index in [1.54, 1.807) is 23.5 Å². The molecule has 0 saturated carbocycles. The Balaban J connectivity index is 0.000000205. The molecule has 0 saturated heterocycles. The monoisotopic (exact) mass is 817 g/mol. The van der Waals surface area contributed by atoms with Crippen LogP contribution in [0.5, 0.6) is 0 Å². The van der Waals surface area contributed by atoms with Crippen LogP contribution in [-0.2, 0) is 14.3 Å². The van der Waals surface area contributed by atoms with Gasteiger partial charge in [0.25, 0.3) is 0 Å². The summed E-state index contributed by atoms with van der Waals surface area (Å²) in [7, 11) is 2.68. The van der Waals surface area contributed by atoms with Crippen molar-refractivity contribution in [2.75, 3.05) is 31.4 Å². The second-order valence-corrected chi connectivity index (χ2v) is 12.8. The van der Waals surface area contributed by atoms with Crippen LogP contribution in [-0.4, -0.2) is 31.9 Å². The van der Waals surface area contributed by atoms with E-state index in [1.165, 1.54) is 42.4 Å². The average Bonchev–Trinajstić information content (AvgIpc) is 3.52. The molecule has 0 aliphatic rings. The van der Waals surface area contributed by atoms with Crippen molar-refractivity contribution in [1.82, 2.24) is 0 Å². The van der Waals surface area contributed by atoms with Gasteiger partial charge in [-0.05, 0) is 54.6 Å². The minimum Gasteiger partial charge on any atom is -0.468 e. The zero-order valence-corrected chi connectivity index (χ0v) is 29.3. The molecule has 0 aliphatic heterocycles. The molecule has 0 amide bonds. The molecule has 2 aromatic heterocycles. The highest BCUT2D eigenvalue weighted by molar-refractivity contribution is 9.11. The van der Waals surface area contributed by atoms with Crippen LogP contribution in [0.3, 0.4) is 0 Å². The average molecular weight is 820 g/mol. The van der Waals surface area contributed by atoms with Crippen LogP contribution in [0.4, 0.5) is 15.8 Å². The minimum atomic E-state index is -0.481. The van der Waals surface area contributed by atoms with Gasteiger partial charge in [-0.3, -0.25) is 4.79 Å². The van der Waals surface area contributed by atoms with E-state index in [2.05, 4.69) is 76.0 Å². The number of fused-ring (bicyclic) bond motifs is 2. The number of nitrogen functional groups attached to an aromatic ring is 2. The third-order valence-corrected chi connectivity index (χ3v) is 8.92. The Morgan fingerprint density at radius 1 is 0.929 bits per heavy atom. The predicted molar refractivity (Wildman–Crippen MR) is 184 cm³/mol. The summed E-state index contributed by atoms with van der Waals surface area (Å²) < 4.78 is 26.3.